The van der Waals surface area contributed by atoms with Gasteiger partial charge < -0.3 is 0 Å². The SMILES string of the molecule is Cc1cccc(C(=O)N2CCC(c3ccc(-c4ccccc4)cc3)=N2)c1. The molecule has 0 N–H and O–H groups in total. The van der Waals surface area contributed by atoms with Crippen molar-refractivity contribution in [3.05, 3.63) is 95.6 Å². The molecule has 4 rings (SSSR count). The van der Waals surface area contributed by atoms with Crippen LogP contribution in [0.25, 0.3) is 11.1 Å². The second-order valence-electron chi connectivity index (χ2n) is 6.54. The van der Waals surface area contributed by atoms with Gasteiger partial charge in [-0.05, 0) is 35.7 Å². The van der Waals surface area contributed by atoms with Gasteiger partial charge in [-0.1, -0.05) is 72.3 Å². The van der Waals surface area contributed by atoms with Gasteiger partial charge in [-0.15, -0.1) is 0 Å². The minimum Gasteiger partial charge on any atom is -0.267 e. The number of hydrogen-bond acceptors (Lipinski definition) is 2. The molecular weight excluding hydrogens is 320 g/mol. The van der Waals surface area contributed by atoms with Crippen LogP contribution in [-0.4, -0.2) is 23.2 Å². The van der Waals surface area contributed by atoms with E-state index >= 15 is 0 Å². The Morgan fingerprint density at radius 3 is 2.27 bits per heavy atom. The Hall–Kier alpha value is -3.20. The summed E-state index contributed by atoms with van der Waals surface area (Å²) in [6.45, 7) is 2.62. The Balaban J connectivity index is 1.54. The Kier molecular flexibility index (Phi) is 4.36. The van der Waals surface area contributed by atoms with Crippen molar-refractivity contribution >= 4 is 11.6 Å². The third kappa shape index (κ3) is 3.29. The van der Waals surface area contributed by atoms with Gasteiger partial charge in [0.2, 0.25) is 0 Å². The smallest absolute Gasteiger partial charge is 0.267 e. The van der Waals surface area contributed by atoms with Crippen molar-refractivity contribution in [2.24, 2.45) is 5.10 Å². The second-order valence-corrected chi connectivity index (χ2v) is 6.54. The normalized spacial score (nSPS) is 13.6. The van der Waals surface area contributed by atoms with Gasteiger partial charge in [-0.3, -0.25) is 4.79 Å². The molecule has 0 fully saturated rings. The number of nitrogens with zero attached hydrogens (tertiary/aromatic N) is 2. The first-order valence-electron chi connectivity index (χ1n) is 8.82. The second kappa shape index (κ2) is 6.96. The lowest BCUT2D eigenvalue weighted by Gasteiger charge is -2.11. The molecular formula is C23H20N2O. The highest BCUT2D eigenvalue weighted by Crippen LogP contribution is 2.22. The van der Waals surface area contributed by atoms with E-state index in [9.17, 15) is 4.79 Å². The summed E-state index contributed by atoms with van der Waals surface area (Å²) in [5.41, 5.74) is 6.18. The molecule has 1 aliphatic heterocycles. The van der Waals surface area contributed by atoms with Crippen molar-refractivity contribution in [1.82, 2.24) is 5.01 Å². The van der Waals surface area contributed by atoms with Gasteiger partial charge in [0.15, 0.2) is 0 Å². The van der Waals surface area contributed by atoms with E-state index in [0.29, 0.717) is 12.1 Å². The van der Waals surface area contributed by atoms with E-state index in [1.165, 1.54) is 11.1 Å². The van der Waals surface area contributed by atoms with E-state index in [1.807, 2.05) is 49.4 Å². The molecule has 0 radical (unpaired) electrons. The number of amides is 1. The molecule has 0 bridgehead atoms. The maximum absolute atomic E-state index is 12.6. The minimum absolute atomic E-state index is 0.0374. The van der Waals surface area contributed by atoms with Gasteiger partial charge >= 0.3 is 0 Å². The van der Waals surface area contributed by atoms with Crippen molar-refractivity contribution in [3.8, 4) is 11.1 Å². The average Bonchev–Trinajstić information content (AvgIpc) is 3.18. The van der Waals surface area contributed by atoms with Gasteiger partial charge in [0.25, 0.3) is 5.91 Å². The van der Waals surface area contributed by atoms with Gasteiger partial charge in [0.05, 0.1) is 12.3 Å². The molecule has 0 aromatic heterocycles. The van der Waals surface area contributed by atoms with E-state index < -0.39 is 0 Å². The Bertz CT molecular complexity index is 959. The van der Waals surface area contributed by atoms with Crippen LogP contribution < -0.4 is 0 Å². The number of carbonyl (C=O) groups is 1. The summed E-state index contributed by atoms with van der Waals surface area (Å²) in [6, 6.07) is 26.3. The Morgan fingerprint density at radius 1 is 0.846 bits per heavy atom. The van der Waals surface area contributed by atoms with Gasteiger partial charge in [0.1, 0.15) is 0 Å². The molecule has 26 heavy (non-hydrogen) atoms. The van der Waals surface area contributed by atoms with Crippen LogP contribution in [0.3, 0.4) is 0 Å². The fourth-order valence-corrected chi connectivity index (χ4v) is 3.22. The summed E-state index contributed by atoms with van der Waals surface area (Å²) in [5, 5.41) is 6.15. The van der Waals surface area contributed by atoms with Gasteiger partial charge in [-0.2, -0.15) is 5.10 Å². The number of carbonyl (C=O) groups excluding carboxylic acids is 1. The molecule has 3 heteroatoms. The standard InChI is InChI=1S/C23H20N2O/c1-17-6-5-9-21(16-17)23(26)25-15-14-22(24-25)20-12-10-19(11-13-20)18-7-3-2-4-8-18/h2-13,16H,14-15H2,1H3. The first-order chi connectivity index (χ1) is 12.7. The summed E-state index contributed by atoms with van der Waals surface area (Å²) in [4.78, 5) is 12.6. The Labute approximate surface area is 153 Å². The lowest BCUT2D eigenvalue weighted by atomic mass is 10.0. The summed E-state index contributed by atoms with van der Waals surface area (Å²) < 4.78 is 0. The molecule has 3 aromatic carbocycles. The fraction of sp³-hybridized carbons (Fsp3) is 0.130. The molecule has 0 spiro atoms. The highest BCUT2D eigenvalue weighted by atomic mass is 16.2. The van der Waals surface area contributed by atoms with E-state index in [2.05, 4.69) is 41.5 Å². The predicted molar refractivity (Wildman–Crippen MR) is 105 cm³/mol. The third-order valence-corrected chi connectivity index (χ3v) is 4.63. The predicted octanol–water partition coefficient (Wildman–Crippen LogP) is 4.91. The monoisotopic (exact) mass is 340 g/mol. The van der Waals surface area contributed by atoms with E-state index in [4.69, 9.17) is 0 Å². The van der Waals surface area contributed by atoms with Crippen LogP contribution in [0.2, 0.25) is 0 Å². The maximum atomic E-state index is 12.6. The first-order valence-corrected chi connectivity index (χ1v) is 8.82. The number of aryl methyl sites for hydroxylation is 1. The summed E-state index contributed by atoms with van der Waals surface area (Å²) in [7, 11) is 0. The molecule has 0 saturated carbocycles. The number of rotatable bonds is 3. The van der Waals surface area contributed by atoms with Crippen LogP contribution in [0.1, 0.15) is 27.9 Å². The van der Waals surface area contributed by atoms with Crippen molar-refractivity contribution in [3.63, 3.8) is 0 Å². The molecule has 3 nitrogen and oxygen atoms in total. The largest absolute Gasteiger partial charge is 0.273 e. The molecule has 3 aromatic rings. The topological polar surface area (TPSA) is 32.7 Å². The quantitative estimate of drug-likeness (QED) is 0.666. The molecule has 0 aliphatic carbocycles. The van der Waals surface area contributed by atoms with E-state index in [0.717, 1.165) is 23.3 Å². The maximum Gasteiger partial charge on any atom is 0.273 e. The lowest BCUT2D eigenvalue weighted by molar-refractivity contribution is 0.0778. The zero-order valence-corrected chi connectivity index (χ0v) is 14.7. The van der Waals surface area contributed by atoms with Crippen LogP contribution in [0, 0.1) is 6.92 Å². The van der Waals surface area contributed by atoms with Crippen molar-refractivity contribution < 1.29 is 4.79 Å². The lowest BCUT2D eigenvalue weighted by Crippen LogP contribution is -2.23. The number of hydrazone groups is 1. The fourth-order valence-electron chi connectivity index (χ4n) is 3.22. The van der Waals surface area contributed by atoms with Crippen LogP contribution in [0.5, 0.6) is 0 Å². The highest BCUT2D eigenvalue weighted by Gasteiger charge is 2.22. The third-order valence-electron chi connectivity index (χ3n) is 4.63. The first kappa shape index (κ1) is 16.3. The van der Waals surface area contributed by atoms with Gasteiger partial charge in [0, 0.05) is 12.0 Å². The molecule has 1 amide bonds. The molecule has 128 valence electrons. The van der Waals surface area contributed by atoms with Crippen molar-refractivity contribution in [2.75, 3.05) is 6.54 Å². The van der Waals surface area contributed by atoms with Gasteiger partial charge in [-0.25, -0.2) is 5.01 Å². The van der Waals surface area contributed by atoms with Crippen molar-refractivity contribution in [2.45, 2.75) is 13.3 Å². The van der Waals surface area contributed by atoms with Crippen molar-refractivity contribution in [1.29, 1.82) is 0 Å². The zero-order valence-electron chi connectivity index (χ0n) is 14.7. The average molecular weight is 340 g/mol. The highest BCUT2D eigenvalue weighted by molar-refractivity contribution is 6.04. The summed E-state index contributed by atoms with van der Waals surface area (Å²) >= 11 is 0. The van der Waals surface area contributed by atoms with Crippen LogP contribution in [0.15, 0.2) is 84.0 Å². The number of hydrogen-bond donors (Lipinski definition) is 0. The number of benzene rings is 3. The zero-order chi connectivity index (χ0) is 17.9. The van der Waals surface area contributed by atoms with E-state index in [-0.39, 0.29) is 5.91 Å². The van der Waals surface area contributed by atoms with E-state index in [1.54, 1.807) is 5.01 Å². The van der Waals surface area contributed by atoms with Crippen LogP contribution in [-0.2, 0) is 0 Å². The Morgan fingerprint density at radius 2 is 1.54 bits per heavy atom. The van der Waals surface area contributed by atoms with Crippen LogP contribution >= 0.6 is 0 Å². The molecule has 1 heterocycles. The summed E-state index contributed by atoms with van der Waals surface area (Å²) in [5.74, 6) is -0.0374. The molecule has 1 aliphatic rings. The summed E-state index contributed by atoms with van der Waals surface area (Å²) in [6.07, 6.45) is 0.780. The minimum atomic E-state index is -0.0374. The molecule has 0 saturated heterocycles. The molecule has 0 atom stereocenters. The molecule has 0 unspecified atom stereocenters. The van der Waals surface area contributed by atoms with Crippen LogP contribution in [0.4, 0.5) is 0 Å².